The van der Waals surface area contributed by atoms with Gasteiger partial charge in [-0.25, -0.2) is 4.98 Å². The zero-order valence-corrected chi connectivity index (χ0v) is 14.6. The fraction of sp³-hybridized carbons (Fsp3) is 0.500. The smallest absolute Gasteiger partial charge is 0.0947 e. The first-order chi connectivity index (χ1) is 9.90. The molecule has 0 bridgehead atoms. The Morgan fingerprint density at radius 2 is 1.86 bits per heavy atom. The fourth-order valence-electron chi connectivity index (χ4n) is 2.44. The molecule has 21 heavy (non-hydrogen) atoms. The molecule has 2 aromatic rings. The Labute approximate surface area is 132 Å². The van der Waals surface area contributed by atoms with Crippen molar-refractivity contribution in [2.24, 2.45) is 0 Å². The van der Waals surface area contributed by atoms with Crippen LogP contribution >= 0.6 is 11.3 Å². The minimum atomic E-state index is 0.207. The number of likely N-dealkylation sites (N-methyl/N-ethyl adjacent to an activating group) is 1. The zero-order valence-electron chi connectivity index (χ0n) is 13.7. The van der Waals surface area contributed by atoms with Crippen LogP contribution in [0.15, 0.2) is 29.6 Å². The van der Waals surface area contributed by atoms with Crippen molar-refractivity contribution in [3.8, 4) is 0 Å². The van der Waals surface area contributed by atoms with E-state index in [0.717, 1.165) is 18.7 Å². The molecule has 1 heterocycles. The molecule has 1 unspecified atom stereocenters. The lowest BCUT2D eigenvalue weighted by Crippen LogP contribution is -2.23. The second kappa shape index (κ2) is 6.71. The second-order valence-corrected chi connectivity index (χ2v) is 7.51. The number of rotatable bonds is 5. The Morgan fingerprint density at radius 1 is 1.19 bits per heavy atom. The molecule has 0 aliphatic rings. The van der Waals surface area contributed by atoms with E-state index < -0.39 is 0 Å². The van der Waals surface area contributed by atoms with Crippen molar-refractivity contribution in [1.82, 2.24) is 10.3 Å². The molecule has 0 aliphatic carbocycles. The van der Waals surface area contributed by atoms with Gasteiger partial charge in [0.1, 0.15) is 0 Å². The van der Waals surface area contributed by atoms with Gasteiger partial charge in [-0.2, -0.15) is 0 Å². The van der Waals surface area contributed by atoms with Crippen LogP contribution in [-0.4, -0.2) is 11.5 Å². The molecule has 0 radical (unpaired) electrons. The average molecular weight is 302 g/mol. The summed E-state index contributed by atoms with van der Waals surface area (Å²) in [5, 5.41) is 6.91. The number of benzene rings is 1. The Bertz CT molecular complexity index is 564. The van der Waals surface area contributed by atoms with Gasteiger partial charge in [0.2, 0.25) is 0 Å². The molecule has 114 valence electrons. The Kier molecular flexibility index (Phi) is 5.17. The van der Waals surface area contributed by atoms with Gasteiger partial charge in [-0.3, -0.25) is 0 Å². The molecule has 3 heteroatoms. The third-order valence-corrected chi connectivity index (χ3v) is 4.66. The van der Waals surface area contributed by atoms with Crippen LogP contribution in [0, 0.1) is 6.92 Å². The van der Waals surface area contributed by atoms with Crippen LogP contribution in [0.5, 0.6) is 0 Å². The number of aromatic nitrogens is 1. The van der Waals surface area contributed by atoms with Crippen LogP contribution in [0.1, 0.15) is 55.6 Å². The largest absolute Gasteiger partial charge is 0.310 e. The molecule has 1 atom stereocenters. The quantitative estimate of drug-likeness (QED) is 0.870. The molecule has 0 saturated carbocycles. The van der Waals surface area contributed by atoms with E-state index in [4.69, 9.17) is 0 Å². The van der Waals surface area contributed by atoms with Crippen molar-refractivity contribution >= 4 is 11.3 Å². The molecule has 0 aliphatic heterocycles. The Morgan fingerprint density at radius 3 is 2.33 bits per heavy atom. The topological polar surface area (TPSA) is 24.9 Å². The summed E-state index contributed by atoms with van der Waals surface area (Å²) in [5.74, 6) is 0. The summed E-state index contributed by atoms with van der Waals surface area (Å²) >= 11 is 1.75. The summed E-state index contributed by atoms with van der Waals surface area (Å²) in [6.07, 6.45) is 0.960. The van der Waals surface area contributed by atoms with E-state index in [0.29, 0.717) is 6.04 Å². The van der Waals surface area contributed by atoms with Crippen molar-refractivity contribution in [2.45, 2.75) is 52.5 Å². The highest BCUT2D eigenvalue weighted by atomic mass is 32.1. The molecule has 1 aromatic carbocycles. The van der Waals surface area contributed by atoms with Crippen LogP contribution in [-0.2, 0) is 11.8 Å². The van der Waals surface area contributed by atoms with Gasteiger partial charge < -0.3 is 5.32 Å². The number of hydrogen-bond donors (Lipinski definition) is 1. The monoisotopic (exact) mass is 302 g/mol. The van der Waals surface area contributed by atoms with Crippen molar-refractivity contribution in [3.05, 3.63) is 51.5 Å². The van der Waals surface area contributed by atoms with Crippen molar-refractivity contribution in [1.29, 1.82) is 0 Å². The summed E-state index contributed by atoms with van der Waals surface area (Å²) < 4.78 is 0. The first kappa shape index (κ1) is 16.2. The predicted octanol–water partition coefficient (Wildman–Crippen LogP) is 4.64. The van der Waals surface area contributed by atoms with E-state index >= 15 is 0 Å². The highest BCUT2D eigenvalue weighted by Gasteiger charge is 2.16. The molecule has 0 amide bonds. The average Bonchev–Trinajstić information content (AvgIpc) is 2.83. The van der Waals surface area contributed by atoms with Crippen LogP contribution in [0.2, 0.25) is 0 Å². The summed E-state index contributed by atoms with van der Waals surface area (Å²) in [6.45, 7) is 11.9. The van der Waals surface area contributed by atoms with Gasteiger partial charge in [-0.05, 0) is 30.0 Å². The number of aryl methyl sites for hydroxylation is 1. The van der Waals surface area contributed by atoms with E-state index in [2.05, 4.69) is 74.6 Å². The van der Waals surface area contributed by atoms with Gasteiger partial charge in [-0.1, -0.05) is 52.0 Å². The van der Waals surface area contributed by atoms with E-state index in [-0.39, 0.29) is 5.41 Å². The molecule has 0 spiro atoms. The molecule has 2 rings (SSSR count). The van der Waals surface area contributed by atoms with Crippen molar-refractivity contribution in [2.75, 3.05) is 6.54 Å². The number of hydrogen-bond acceptors (Lipinski definition) is 3. The normalized spacial score (nSPS) is 13.4. The summed E-state index contributed by atoms with van der Waals surface area (Å²) in [7, 11) is 0. The Hall–Kier alpha value is -1.19. The van der Waals surface area contributed by atoms with E-state index in [9.17, 15) is 0 Å². The van der Waals surface area contributed by atoms with Gasteiger partial charge in [0, 0.05) is 23.5 Å². The molecule has 1 aromatic heterocycles. The number of nitrogens with zero attached hydrogens (tertiary/aromatic N) is 1. The van der Waals surface area contributed by atoms with E-state index in [1.165, 1.54) is 16.1 Å². The summed E-state index contributed by atoms with van der Waals surface area (Å²) in [5.41, 5.74) is 4.05. The minimum absolute atomic E-state index is 0.207. The first-order valence-corrected chi connectivity index (χ1v) is 8.53. The third kappa shape index (κ3) is 4.39. The van der Waals surface area contributed by atoms with Gasteiger partial charge in [0.25, 0.3) is 0 Å². The molecule has 0 fully saturated rings. The van der Waals surface area contributed by atoms with Crippen LogP contribution in [0.3, 0.4) is 0 Å². The van der Waals surface area contributed by atoms with Gasteiger partial charge in [-0.15, -0.1) is 11.3 Å². The minimum Gasteiger partial charge on any atom is -0.310 e. The first-order valence-electron chi connectivity index (χ1n) is 7.65. The highest BCUT2D eigenvalue weighted by molar-refractivity contribution is 7.09. The maximum Gasteiger partial charge on any atom is 0.0947 e. The molecule has 0 saturated heterocycles. The van der Waals surface area contributed by atoms with Crippen LogP contribution < -0.4 is 5.32 Å². The van der Waals surface area contributed by atoms with Gasteiger partial charge >= 0.3 is 0 Å². The lowest BCUT2D eigenvalue weighted by Gasteiger charge is -2.22. The number of thiazole rings is 1. The van der Waals surface area contributed by atoms with Crippen molar-refractivity contribution < 1.29 is 0 Å². The number of nitrogens with one attached hydrogen (secondary N) is 1. The highest BCUT2D eigenvalue weighted by Crippen LogP contribution is 2.26. The van der Waals surface area contributed by atoms with Crippen LogP contribution in [0.4, 0.5) is 0 Å². The SMILES string of the molecule is CCNC(Cc1nc(C)cs1)c1ccc(C(C)(C)C)cc1. The molecular weight excluding hydrogens is 276 g/mol. The Balaban J connectivity index is 2.17. The lowest BCUT2D eigenvalue weighted by atomic mass is 9.86. The van der Waals surface area contributed by atoms with Gasteiger partial charge in [0.05, 0.1) is 5.01 Å². The zero-order chi connectivity index (χ0) is 15.5. The summed E-state index contributed by atoms with van der Waals surface area (Å²) in [6, 6.07) is 9.37. The molecule has 1 N–H and O–H groups in total. The maximum absolute atomic E-state index is 4.59. The van der Waals surface area contributed by atoms with E-state index in [1.54, 1.807) is 11.3 Å². The van der Waals surface area contributed by atoms with Crippen molar-refractivity contribution in [3.63, 3.8) is 0 Å². The third-order valence-electron chi connectivity index (χ3n) is 3.67. The molecule has 2 nitrogen and oxygen atoms in total. The van der Waals surface area contributed by atoms with Gasteiger partial charge in [0.15, 0.2) is 0 Å². The predicted molar refractivity (Wildman–Crippen MR) is 92.1 cm³/mol. The fourth-order valence-corrected chi connectivity index (χ4v) is 3.26. The van der Waals surface area contributed by atoms with E-state index in [1.807, 2.05) is 0 Å². The summed E-state index contributed by atoms with van der Waals surface area (Å²) in [4.78, 5) is 4.59. The molecular formula is C18H26N2S. The standard InChI is InChI=1S/C18H26N2S/c1-6-19-16(11-17-20-13(2)12-21-17)14-7-9-15(10-8-14)18(3,4)5/h7-10,12,16,19H,6,11H2,1-5H3. The lowest BCUT2D eigenvalue weighted by molar-refractivity contribution is 0.546. The maximum atomic E-state index is 4.59. The van der Waals surface area contributed by atoms with Crippen LogP contribution in [0.25, 0.3) is 0 Å². The second-order valence-electron chi connectivity index (χ2n) is 6.57.